The molecule has 110 valence electrons. The van der Waals surface area contributed by atoms with E-state index in [1.165, 1.54) is 11.1 Å². The zero-order valence-corrected chi connectivity index (χ0v) is 13.0. The van der Waals surface area contributed by atoms with E-state index in [9.17, 15) is 4.79 Å². The molecule has 2 rings (SSSR count). The van der Waals surface area contributed by atoms with E-state index in [-0.39, 0.29) is 5.91 Å². The van der Waals surface area contributed by atoms with Crippen LogP contribution < -0.4 is 9.88 Å². The molecule has 1 amide bonds. The summed E-state index contributed by atoms with van der Waals surface area (Å²) in [6, 6.07) is 12.1. The predicted molar refractivity (Wildman–Crippen MR) is 85.2 cm³/mol. The van der Waals surface area contributed by atoms with Crippen LogP contribution in [0.3, 0.4) is 0 Å². The number of carbonyl (C=O) groups excluding carboxylic acids is 1. The van der Waals surface area contributed by atoms with Crippen LogP contribution in [0.1, 0.15) is 37.3 Å². The molecule has 1 N–H and O–H groups in total. The fraction of sp³-hybridized carbons (Fsp3) is 0.333. The summed E-state index contributed by atoms with van der Waals surface area (Å²) in [6.07, 6.45) is 4.47. The summed E-state index contributed by atoms with van der Waals surface area (Å²) in [6.45, 7) is 7.06. The van der Waals surface area contributed by atoms with Crippen LogP contribution in [-0.2, 0) is 11.3 Å². The number of hydrogen-bond donors (Lipinski definition) is 1. The fourth-order valence-corrected chi connectivity index (χ4v) is 2.09. The Labute approximate surface area is 126 Å². The smallest absolute Gasteiger partial charge is 0.230 e. The van der Waals surface area contributed by atoms with E-state index < -0.39 is 0 Å². The first-order valence-corrected chi connectivity index (χ1v) is 7.40. The van der Waals surface area contributed by atoms with E-state index >= 15 is 0 Å². The Bertz CT molecular complexity index is 586. The van der Waals surface area contributed by atoms with Crippen molar-refractivity contribution in [3.8, 4) is 0 Å². The predicted octanol–water partition coefficient (Wildman–Crippen LogP) is 3.43. The van der Waals surface area contributed by atoms with Gasteiger partial charge in [0.2, 0.25) is 5.91 Å². The molecule has 0 saturated heterocycles. The number of nitrogens with one attached hydrogen (secondary N) is 1. The molecule has 2 aromatic rings. The van der Waals surface area contributed by atoms with Gasteiger partial charge in [0.15, 0.2) is 18.9 Å². The summed E-state index contributed by atoms with van der Waals surface area (Å²) in [7, 11) is 0. The lowest BCUT2D eigenvalue weighted by atomic mass is 10.0. The third-order valence-electron chi connectivity index (χ3n) is 3.52. The third-order valence-corrected chi connectivity index (χ3v) is 3.52. The SMILES string of the molecule is Cc1cc[n+](CCC(=O)Nc2ccc(C(C)C)cc2)cc1. The van der Waals surface area contributed by atoms with Crippen LogP contribution in [0, 0.1) is 6.92 Å². The summed E-state index contributed by atoms with van der Waals surface area (Å²) >= 11 is 0. The van der Waals surface area contributed by atoms with E-state index in [0.717, 1.165) is 5.69 Å². The van der Waals surface area contributed by atoms with Gasteiger partial charge in [-0.25, -0.2) is 4.57 Å². The molecule has 0 spiro atoms. The topological polar surface area (TPSA) is 33.0 Å². The minimum atomic E-state index is 0.0420. The van der Waals surface area contributed by atoms with Gasteiger partial charge in [0.25, 0.3) is 0 Å². The highest BCUT2D eigenvalue weighted by molar-refractivity contribution is 5.90. The number of aromatic nitrogens is 1. The number of carbonyl (C=O) groups is 1. The number of aryl methyl sites for hydroxylation is 2. The highest BCUT2D eigenvalue weighted by atomic mass is 16.1. The third kappa shape index (κ3) is 4.71. The minimum Gasteiger partial charge on any atom is -0.326 e. The lowest BCUT2D eigenvalue weighted by Gasteiger charge is -2.08. The maximum atomic E-state index is 11.9. The summed E-state index contributed by atoms with van der Waals surface area (Å²) in [5, 5.41) is 2.94. The Morgan fingerprint density at radius 1 is 1.10 bits per heavy atom. The van der Waals surface area contributed by atoms with Crippen LogP contribution in [0.25, 0.3) is 0 Å². The molecule has 0 radical (unpaired) electrons. The van der Waals surface area contributed by atoms with E-state index in [1.807, 2.05) is 41.2 Å². The molecule has 1 heterocycles. The molecule has 0 aliphatic heterocycles. The zero-order chi connectivity index (χ0) is 15.2. The number of hydrogen-bond acceptors (Lipinski definition) is 1. The molecule has 3 heteroatoms. The molecular formula is C18H23N2O+. The van der Waals surface area contributed by atoms with Gasteiger partial charge in [0.05, 0.1) is 6.42 Å². The molecule has 0 fully saturated rings. The van der Waals surface area contributed by atoms with Crippen molar-refractivity contribution < 1.29 is 9.36 Å². The summed E-state index contributed by atoms with van der Waals surface area (Å²) in [5.41, 5.74) is 3.36. The van der Waals surface area contributed by atoms with Crippen LogP contribution in [0.4, 0.5) is 5.69 Å². The number of pyridine rings is 1. The van der Waals surface area contributed by atoms with Crippen LogP contribution >= 0.6 is 0 Å². The van der Waals surface area contributed by atoms with Crippen molar-refractivity contribution in [2.75, 3.05) is 5.32 Å². The first kappa shape index (κ1) is 15.2. The van der Waals surface area contributed by atoms with Gasteiger partial charge in [-0.3, -0.25) is 4.79 Å². The van der Waals surface area contributed by atoms with Gasteiger partial charge in [-0.15, -0.1) is 0 Å². The summed E-state index contributed by atoms with van der Waals surface area (Å²) in [5.74, 6) is 0.549. The van der Waals surface area contributed by atoms with Crippen molar-refractivity contribution in [3.63, 3.8) is 0 Å². The zero-order valence-electron chi connectivity index (χ0n) is 13.0. The molecule has 1 aromatic heterocycles. The quantitative estimate of drug-likeness (QED) is 0.838. The molecule has 21 heavy (non-hydrogen) atoms. The first-order valence-electron chi connectivity index (χ1n) is 7.40. The number of amides is 1. The first-order chi connectivity index (χ1) is 10.0. The van der Waals surface area contributed by atoms with Crippen LogP contribution in [0.5, 0.6) is 0 Å². The van der Waals surface area contributed by atoms with Gasteiger partial charge in [0, 0.05) is 17.8 Å². The molecule has 0 aliphatic carbocycles. The molecule has 0 unspecified atom stereocenters. The van der Waals surface area contributed by atoms with E-state index in [1.54, 1.807) is 0 Å². The average molecular weight is 283 g/mol. The van der Waals surface area contributed by atoms with Crippen LogP contribution in [0.2, 0.25) is 0 Å². The number of anilines is 1. The van der Waals surface area contributed by atoms with E-state index in [4.69, 9.17) is 0 Å². The van der Waals surface area contributed by atoms with Gasteiger partial charge < -0.3 is 5.32 Å². The Kier molecular flexibility index (Phi) is 5.09. The largest absolute Gasteiger partial charge is 0.326 e. The number of nitrogens with zero attached hydrogens (tertiary/aromatic N) is 1. The van der Waals surface area contributed by atoms with E-state index in [0.29, 0.717) is 18.9 Å². The second kappa shape index (κ2) is 7.02. The van der Waals surface area contributed by atoms with Crippen molar-refractivity contribution in [2.45, 2.75) is 39.7 Å². The Balaban J connectivity index is 1.85. The van der Waals surface area contributed by atoms with Gasteiger partial charge >= 0.3 is 0 Å². The van der Waals surface area contributed by atoms with Gasteiger partial charge in [-0.05, 0) is 36.1 Å². The lowest BCUT2D eigenvalue weighted by molar-refractivity contribution is -0.695. The molecular weight excluding hydrogens is 260 g/mol. The van der Waals surface area contributed by atoms with Gasteiger partial charge in [-0.2, -0.15) is 0 Å². The molecule has 0 aliphatic rings. The van der Waals surface area contributed by atoms with Crippen molar-refractivity contribution in [3.05, 3.63) is 59.9 Å². The Morgan fingerprint density at radius 3 is 2.29 bits per heavy atom. The Hall–Kier alpha value is -2.16. The molecule has 0 saturated carbocycles. The number of benzene rings is 1. The maximum Gasteiger partial charge on any atom is 0.230 e. The van der Waals surface area contributed by atoms with Crippen molar-refractivity contribution in [1.82, 2.24) is 0 Å². The summed E-state index contributed by atoms with van der Waals surface area (Å²) in [4.78, 5) is 11.9. The minimum absolute atomic E-state index is 0.0420. The monoisotopic (exact) mass is 283 g/mol. The van der Waals surface area contributed by atoms with Crippen molar-refractivity contribution >= 4 is 11.6 Å². The highest BCUT2D eigenvalue weighted by Crippen LogP contribution is 2.17. The fourth-order valence-electron chi connectivity index (χ4n) is 2.09. The van der Waals surface area contributed by atoms with E-state index in [2.05, 4.69) is 38.2 Å². The van der Waals surface area contributed by atoms with Crippen molar-refractivity contribution in [2.24, 2.45) is 0 Å². The average Bonchev–Trinajstić information content (AvgIpc) is 2.47. The van der Waals surface area contributed by atoms with Crippen LogP contribution in [0.15, 0.2) is 48.8 Å². The van der Waals surface area contributed by atoms with Gasteiger partial charge in [0.1, 0.15) is 0 Å². The summed E-state index contributed by atoms with van der Waals surface area (Å²) < 4.78 is 2.02. The molecule has 0 bridgehead atoms. The Morgan fingerprint density at radius 2 is 1.71 bits per heavy atom. The molecule has 0 atom stereocenters. The molecule has 1 aromatic carbocycles. The second-order valence-corrected chi connectivity index (χ2v) is 5.69. The van der Waals surface area contributed by atoms with Gasteiger partial charge in [-0.1, -0.05) is 26.0 Å². The van der Waals surface area contributed by atoms with Crippen molar-refractivity contribution in [1.29, 1.82) is 0 Å². The maximum absolute atomic E-state index is 11.9. The second-order valence-electron chi connectivity index (χ2n) is 5.69. The molecule has 3 nitrogen and oxygen atoms in total. The standard InChI is InChI=1S/C18H22N2O/c1-14(2)16-4-6-17(7-5-16)19-18(21)10-13-20-11-8-15(3)9-12-20/h4-9,11-12,14H,10,13H2,1-3H3/p+1. The highest BCUT2D eigenvalue weighted by Gasteiger charge is 2.07. The number of rotatable bonds is 5. The lowest BCUT2D eigenvalue weighted by Crippen LogP contribution is -2.34. The van der Waals surface area contributed by atoms with Crippen LogP contribution in [-0.4, -0.2) is 5.91 Å². The normalized spacial score (nSPS) is 10.7.